The largest absolute Gasteiger partial charge is 0.491 e. The summed E-state index contributed by atoms with van der Waals surface area (Å²) in [7, 11) is 0. The first-order valence-corrected chi connectivity index (χ1v) is 9.68. The SMILES string of the molecule is CC1CN(Cc2ccc(OCCN3CCOCC3)c(Cl)c2)C(C)CN1.Cl. The summed E-state index contributed by atoms with van der Waals surface area (Å²) < 4.78 is 11.2. The minimum atomic E-state index is 0. The Morgan fingerprint density at radius 1 is 1.27 bits per heavy atom. The fraction of sp³-hybridized carbons (Fsp3) is 0.684. The van der Waals surface area contributed by atoms with Gasteiger partial charge in [-0.05, 0) is 31.5 Å². The van der Waals surface area contributed by atoms with Crippen molar-refractivity contribution in [3.05, 3.63) is 28.8 Å². The quantitative estimate of drug-likeness (QED) is 0.789. The molecular weight excluding hydrogens is 373 g/mol. The van der Waals surface area contributed by atoms with Gasteiger partial charge in [-0.2, -0.15) is 0 Å². The minimum Gasteiger partial charge on any atom is -0.491 e. The number of nitrogens with one attached hydrogen (secondary N) is 1. The second-order valence-corrected chi connectivity index (χ2v) is 7.56. The number of hydrogen-bond acceptors (Lipinski definition) is 5. The van der Waals surface area contributed by atoms with E-state index in [2.05, 4.69) is 35.0 Å². The molecule has 1 aromatic rings. The number of halogens is 2. The van der Waals surface area contributed by atoms with Crippen LogP contribution in [0.4, 0.5) is 0 Å². The van der Waals surface area contributed by atoms with Crippen molar-refractivity contribution in [3.8, 4) is 5.75 Å². The molecule has 0 bridgehead atoms. The van der Waals surface area contributed by atoms with Crippen molar-refractivity contribution >= 4 is 24.0 Å². The number of nitrogens with zero attached hydrogens (tertiary/aromatic N) is 2. The number of morpholine rings is 1. The molecule has 1 aromatic carbocycles. The van der Waals surface area contributed by atoms with Gasteiger partial charge >= 0.3 is 0 Å². The lowest BCUT2D eigenvalue weighted by Crippen LogP contribution is -2.53. The Bertz CT molecular complexity index is 556. The molecule has 2 heterocycles. The van der Waals surface area contributed by atoms with Gasteiger partial charge in [-0.1, -0.05) is 17.7 Å². The first-order chi connectivity index (χ1) is 12.1. The summed E-state index contributed by atoms with van der Waals surface area (Å²) in [5.41, 5.74) is 1.24. The van der Waals surface area contributed by atoms with E-state index in [1.54, 1.807) is 0 Å². The summed E-state index contributed by atoms with van der Waals surface area (Å²) in [5, 5.41) is 4.22. The second kappa shape index (κ2) is 10.7. The molecule has 7 heteroatoms. The van der Waals surface area contributed by atoms with Crippen molar-refractivity contribution in [1.82, 2.24) is 15.1 Å². The lowest BCUT2D eigenvalue weighted by atomic mass is 10.1. The molecule has 0 saturated carbocycles. The first kappa shape index (κ1) is 21.7. The molecule has 148 valence electrons. The van der Waals surface area contributed by atoms with Crippen molar-refractivity contribution in [2.24, 2.45) is 0 Å². The van der Waals surface area contributed by atoms with Gasteiger partial charge in [-0.15, -0.1) is 12.4 Å². The zero-order valence-electron chi connectivity index (χ0n) is 15.7. The average molecular weight is 404 g/mol. The van der Waals surface area contributed by atoms with Crippen LogP contribution in [-0.2, 0) is 11.3 Å². The van der Waals surface area contributed by atoms with Crippen LogP contribution in [0.15, 0.2) is 18.2 Å². The van der Waals surface area contributed by atoms with E-state index >= 15 is 0 Å². The summed E-state index contributed by atoms with van der Waals surface area (Å²) >= 11 is 6.44. The van der Waals surface area contributed by atoms with Crippen LogP contribution < -0.4 is 10.1 Å². The fourth-order valence-corrected chi connectivity index (χ4v) is 3.68. The Labute approximate surface area is 168 Å². The molecule has 0 radical (unpaired) electrons. The molecule has 2 aliphatic rings. The van der Waals surface area contributed by atoms with E-state index in [1.807, 2.05) is 12.1 Å². The molecule has 2 unspecified atom stereocenters. The fourth-order valence-electron chi connectivity index (χ4n) is 3.42. The molecule has 1 N–H and O–H groups in total. The highest BCUT2D eigenvalue weighted by Gasteiger charge is 2.22. The molecule has 0 spiro atoms. The Kier molecular flexibility index (Phi) is 8.94. The number of piperazine rings is 1. The number of ether oxygens (including phenoxy) is 2. The van der Waals surface area contributed by atoms with Crippen LogP contribution in [0.25, 0.3) is 0 Å². The molecular formula is C19H31Cl2N3O2. The molecule has 3 rings (SSSR count). The van der Waals surface area contributed by atoms with Crippen LogP contribution in [0.2, 0.25) is 5.02 Å². The van der Waals surface area contributed by atoms with E-state index in [1.165, 1.54) is 5.56 Å². The third-order valence-corrected chi connectivity index (χ3v) is 5.34. The Balaban J connectivity index is 0.00000243. The van der Waals surface area contributed by atoms with Crippen molar-refractivity contribution < 1.29 is 9.47 Å². The standard InChI is InChI=1S/C19H30ClN3O2.ClH/c1-15-13-23(16(2)12-21-15)14-17-3-4-19(18(20)11-17)25-10-7-22-5-8-24-9-6-22;/h3-4,11,15-16,21H,5-10,12-14H2,1-2H3;1H. The lowest BCUT2D eigenvalue weighted by Gasteiger charge is -2.37. The normalized spacial score (nSPS) is 24.9. The highest BCUT2D eigenvalue weighted by molar-refractivity contribution is 6.32. The molecule has 2 saturated heterocycles. The smallest absolute Gasteiger partial charge is 0.137 e. The maximum absolute atomic E-state index is 6.44. The maximum atomic E-state index is 6.44. The molecule has 2 aliphatic heterocycles. The molecule has 0 aliphatic carbocycles. The molecule has 0 amide bonds. The van der Waals surface area contributed by atoms with Gasteiger partial charge in [0.15, 0.2) is 0 Å². The molecule has 2 fully saturated rings. The summed E-state index contributed by atoms with van der Waals surface area (Å²) in [6, 6.07) is 7.27. The third-order valence-electron chi connectivity index (χ3n) is 5.04. The Hall–Kier alpha value is -0.560. The highest BCUT2D eigenvalue weighted by atomic mass is 35.5. The lowest BCUT2D eigenvalue weighted by molar-refractivity contribution is 0.0322. The van der Waals surface area contributed by atoms with Crippen LogP contribution in [0.5, 0.6) is 5.75 Å². The monoisotopic (exact) mass is 403 g/mol. The van der Waals surface area contributed by atoms with E-state index in [0.717, 1.165) is 58.2 Å². The van der Waals surface area contributed by atoms with Crippen molar-refractivity contribution in [2.45, 2.75) is 32.5 Å². The van der Waals surface area contributed by atoms with E-state index < -0.39 is 0 Å². The number of rotatable bonds is 6. The van der Waals surface area contributed by atoms with Crippen molar-refractivity contribution in [3.63, 3.8) is 0 Å². The van der Waals surface area contributed by atoms with Crippen LogP contribution in [-0.4, -0.2) is 74.4 Å². The molecule has 5 nitrogen and oxygen atoms in total. The third kappa shape index (κ3) is 6.25. The van der Waals surface area contributed by atoms with E-state index in [9.17, 15) is 0 Å². The van der Waals surface area contributed by atoms with Gasteiger partial charge in [0, 0.05) is 51.4 Å². The minimum absolute atomic E-state index is 0. The van der Waals surface area contributed by atoms with Crippen LogP contribution in [0, 0.1) is 0 Å². The number of hydrogen-bond donors (Lipinski definition) is 1. The van der Waals surface area contributed by atoms with Gasteiger partial charge in [0.1, 0.15) is 12.4 Å². The summed E-state index contributed by atoms with van der Waals surface area (Å²) in [5.74, 6) is 0.778. The van der Waals surface area contributed by atoms with Gasteiger partial charge in [-0.3, -0.25) is 9.80 Å². The van der Waals surface area contributed by atoms with Crippen molar-refractivity contribution in [2.75, 3.05) is 52.5 Å². The van der Waals surface area contributed by atoms with Crippen molar-refractivity contribution in [1.29, 1.82) is 0 Å². The second-order valence-electron chi connectivity index (χ2n) is 7.16. The predicted molar refractivity (Wildman–Crippen MR) is 109 cm³/mol. The van der Waals surface area contributed by atoms with Crippen LogP contribution >= 0.6 is 24.0 Å². The summed E-state index contributed by atoms with van der Waals surface area (Å²) in [6.45, 7) is 12.7. The van der Waals surface area contributed by atoms with E-state index in [4.69, 9.17) is 21.1 Å². The highest BCUT2D eigenvalue weighted by Crippen LogP contribution is 2.26. The predicted octanol–water partition coefficient (Wildman–Crippen LogP) is 2.66. The molecule has 2 atom stereocenters. The van der Waals surface area contributed by atoms with Crippen LogP contribution in [0.3, 0.4) is 0 Å². The Morgan fingerprint density at radius 3 is 2.77 bits per heavy atom. The zero-order valence-corrected chi connectivity index (χ0v) is 17.3. The first-order valence-electron chi connectivity index (χ1n) is 9.30. The van der Waals surface area contributed by atoms with Gasteiger partial charge < -0.3 is 14.8 Å². The molecule has 26 heavy (non-hydrogen) atoms. The zero-order chi connectivity index (χ0) is 17.6. The van der Waals surface area contributed by atoms with Gasteiger partial charge in [-0.25, -0.2) is 0 Å². The topological polar surface area (TPSA) is 37.0 Å². The maximum Gasteiger partial charge on any atom is 0.137 e. The summed E-state index contributed by atoms with van der Waals surface area (Å²) in [4.78, 5) is 4.87. The number of benzene rings is 1. The Morgan fingerprint density at radius 2 is 2.04 bits per heavy atom. The van der Waals surface area contributed by atoms with Crippen LogP contribution in [0.1, 0.15) is 19.4 Å². The van der Waals surface area contributed by atoms with Gasteiger partial charge in [0.2, 0.25) is 0 Å². The summed E-state index contributed by atoms with van der Waals surface area (Å²) in [6.07, 6.45) is 0. The molecule has 0 aromatic heterocycles. The average Bonchev–Trinajstić information content (AvgIpc) is 2.61. The van der Waals surface area contributed by atoms with Gasteiger partial charge in [0.25, 0.3) is 0 Å². The van der Waals surface area contributed by atoms with E-state index in [0.29, 0.717) is 23.7 Å². The van der Waals surface area contributed by atoms with E-state index in [-0.39, 0.29) is 12.4 Å². The van der Waals surface area contributed by atoms with Gasteiger partial charge in [0.05, 0.1) is 18.2 Å².